The lowest BCUT2D eigenvalue weighted by molar-refractivity contribution is -0.118. The molecule has 2 rings (SSSR count). The third-order valence-electron chi connectivity index (χ3n) is 4.45. The van der Waals surface area contributed by atoms with Gasteiger partial charge in [-0.25, -0.2) is 0 Å². The molecular weight excluding hydrogens is 304 g/mol. The maximum atomic E-state index is 12.3. The van der Waals surface area contributed by atoms with Gasteiger partial charge in [0.2, 0.25) is 5.91 Å². The van der Waals surface area contributed by atoms with Gasteiger partial charge >= 0.3 is 0 Å². The molecule has 0 unspecified atom stereocenters. The van der Waals surface area contributed by atoms with E-state index in [0.717, 1.165) is 25.3 Å². The summed E-state index contributed by atoms with van der Waals surface area (Å²) in [4.78, 5) is 28.4. The van der Waals surface area contributed by atoms with Crippen molar-refractivity contribution in [1.82, 2.24) is 15.1 Å². The first-order chi connectivity index (χ1) is 11.5. The first-order valence-electron chi connectivity index (χ1n) is 8.69. The standard InChI is InChI=1S/C18H28N4O2/c1-4-21(5-2)18(24)15-6-8-16(9-7-15)20-17(23)13-22-11-10-19-12-14(22)3/h6-9,14,19H,4-5,10-13H2,1-3H3,(H,20,23)/t14-/m1/s1. The number of carbonyl (C=O) groups is 2. The first-order valence-corrected chi connectivity index (χ1v) is 8.69. The van der Waals surface area contributed by atoms with E-state index in [1.807, 2.05) is 13.8 Å². The van der Waals surface area contributed by atoms with Crippen molar-refractivity contribution in [3.05, 3.63) is 29.8 Å². The van der Waals surface area contributed by atoms with E-state index >= 15 is 0 Å². The molecule has 1 aliphatic heterocycles. The van der Waals surface area contributed by atoms with Gasteiger partial charge in [0.1, 0.15) is 0 Å². The number of piperazine rings is 1. The summed E-state index contributed by atoms with van der Waals surface area (Å²) in [5, 5.41) is 6.22. The molecule has 0 spiro atoms. The van der Waals surface area contributed by atoms with Gasteiger partial charge in [-0.3, -0.25) is 14.5 Å². The average molecular weight is 332 g/mol. The number of amides is 2. The van der Waals surface area contributed by atoms with Crippen molar-refractivity contribution < 1.29 is 9.59 Å². The van der Waals surface area contributed by atoms with E-state index in [1.165, 1.54) is 0 Å². The molecular formula is C18H28N4O2. The van der Waals surface area contributed by atoms with Crippen LogP contribution < -0.4 is 10.6 Å². The molecule has 6 heteroatoms. The van der Waals surface area contributed by atoms with E-state index in [4.69, 9.17) is 0 Å². The van der Waals surface area contributed by atoms with Crippen molar-refractivity contribution >= 4 is 17.5 Å². The highest BCUT2D eigenvalue weighted by Gasteiger charge is 2.20. The van der Waals surface area contributed by atoms with Gasteiger partial charge in [-0.1, -0.05) is 0 Å². The fourth-order valence-electron chi connectivity index (χ4n) is 2.89. The van der Waals surface area contributed by atoms with Crippen LogP contribution in [0, 0.1) is 0 Å². The predicted octanol–water partition coefficient (Wildman–Crippen LogP) is 1.40. The molecule has 0 bridgehead atoms. The summed E-state index contributed by atoms with van der Waals surface area (Å²) in [6.07, 6.45) is 0. The fourth-order valence-corrected chi connectivity index (χ4v) is 2.89. The number of nitrogens with zero attached hydrogens (tertiary/aromatic N) is 2. The van der Waals surface area contributed by atoms with Crippen molar-refractivity contribution in [3.63, 3.8) is 0 Å². The number of carbonyl (C=O) groups excluding carboxylic acids is 2. The van der Waals surface area contributed by atoms with Gasteiger partial charge in [0.25, 0.3) is 5.91 Å². The highest BCUT2D eigenvalue weighted by atomic mass is 16.2. The molecule has 2 N–H and O–H groups in total. The van der Waals surface area contributed by atoms with E-state index in [0.29, 0.717) is 31.2 Å². The summed E-state index contributed by atoms with van der Waals surface area (Å²) < 4.78 is 0. The Morgan fingerprint density at radius 1 is 1.25 bits per heavy atom. The Morgan fingerprint density at radius 3 is 2.50 bits per heavy atom. The number of hydrogen-bond acceptors (Lipinski definition) is 4. The number of rotatable bonds is 6. The maximum Gasteiger partial charge on any atom is 0.253 e. The molecule has 2 amide bonds. The third-order valence-corrected chi connectivity index (χ3v) is 4.45. The molecule has 1 fully saturated rings. The predicted molar refractivity (Wildman–Crippen MR) is 96.2 cm³/mol. The van der Waals surface area contributed by atoms with Crippen LogP contribution in [0.1, 0.15) is 31.1 Å². The van der Waals surface area contributed by atoms with Crippen LogP contribution in [0.2, 0.25) is 0 Å². The molecule has 1 aromatic carbocycles. The van der Waals surface area contributed by atoms with Crippen LogP contribution in [0.15, 0.2) is 24.3 Å². The van der Waals surface area contributed by atoms with Crippen LogP contribution in [0.5, 0.6) is 0 Å². The van der Waals surface area contributed by atoms with E-state index in [1.54, 1.807) is 29.2 Å². The second kappa shape index (κ2) is 8.80. The third kappa shape index (κ3) is 4.79. The van der Waals surface area contributed by atoms with Gasteiger partial charge in [-0.2, -0.15) is 0 Å². The van der Waals surface area contributed by atoms with Crippen LogP contribution >= 0.6 is 0 Å². The second-order valence-electron chi connectivity index (χ2n) is 6.13. The molecule has 1 aliphatic rings. The monoisotopic (exact) mass is 332 g/mol. The molecule has 0 saturated carbocycles. The SMILES string of the molecule is CCN(CC)C(=O)c1ccc(NC(=O)CN2CCNC[C@H]2C)cc1. The van der Waals surface area contributed by atoms with Crippen molar-refractivity contribution in [2.75, 3.05) is 44.6 Å². The van der Waals surface area contributed by atoms with E-state index in [-0.39, 0.29) is 11.8 Å². The summed E-state index contributed by atoms with van der Waals surface area (Å²) in [6.45, 7) is 10.5. The molecule has 0 radical (unpaired) electrons. The molecule has 1 saturated heterocycles. The van der Waals surface area contributed by atoms with Gasteiger partial charge < -0.3 is 15.5 Å². The van der Waals surface area contributed by atoms with Crippen LogP contribution in [-0.4, -0.2) is 66.9 Å². The molecule has 6 nitrogen and oxygen atoms in total. The van der Waals surface area contributed by atoms with Crippen molar-refractivity contribution in [2.45, 2.75) is 26.8 Å². The van der Waals surface area contributed by atoms with Gasteiger partial charge in [0.05, 0.1) is 6.54 Å². The smallest absolute Gasteiger partial charge is 0.253 e. The van der Waals surface area contributed by atoms with Gasteiger partial charge in [0, 0.05) is 50.0 Å². The Hall–Kier alpha value is -1.92. The Kier molecular flexibility index (Phi) is 6.75. The Bertz CT molecular complexity index is 555. The topological polar surface area (TPSA) is 64.7 Å². The Labute approximate surface area is 144 Å². The summed E-state index contributed by atoms with van der Waals surface area (Å²) in [7, 11) is 0. The lowest BCUT2D eigenvalue weighted by atomic mass is 10.1. The minimum atomic E-state index is -0.0217. The zero-order chi connectivity index (χ0) is 17.5. The quantitative estimate of drug-likeness (QED) is 0.826. The van der Waals surface area contributed by atoms with Crippen LogP contribution in [0.4, 0.5) is 5.69 Å². The maximum absolute atomic E-state index is 12.3. The molecule has 24 heavy (non-hydrogen) atoms. The molecule has 132 valence electrons. The Balaban J connectivity index is 1.91. The van der Waals surface area contributed by atoms with Gasteiger partial charge in [-0.15, -0.1) is 0 Å². The number of nitrogens with one attached hydrogen (secondary N) is 2. The van der Waals surface area contributed by atoms with Crippen LogP contribution in [0.25, 0.3) is 0 Å². The van der Waals surface area contributed by atoms with E-state index in [9.17, 15) is 9.59 Å². The lowest BCUT2D eigenvalue weighted by Gasteiger charge is -2.33. The summed E-state index contributed by atoms with van der Waals surface area (Å²) in [5.74, 6) is -0.000845. The highest BCUT2D eigenvalue weighted by Crippen LogP contribution is 2.12. The average Bonchev–Trinajstić information content (AvgIpc) is 2.58. The lowest BCUT2D eigenvalue weighted by Crippen LogP contribution is -2.51. The van der Waals surface area contributed by atoms with Crippen molar-refractivity contribution in [2.24, 2.45) is 0 Å². The Morgan fingerprint density at radius 2 is 1.92 bits per heavy atom. The van der Waals surface area contributed by atoms with Gasteiger partial charge in [0.15, 0.2) is 0 Å². The molecule has 0 aromatic heterocycles. The highest BCUT2D eigenvalue weighted by molar-refractivity contribution is 5.96. The number of anilines is 1. The first kappa shape index (κ1) is 18.4. The normalized spacial score (nSPS) is 18.2. The minimum absolute atomic E-state index is 0.0209. The van der Waals surface area contributed by atoms with Crippen LogP contribution in [-0.2, 0) is 4.79 Å². The number of hydrogen-bond donors (Lipinski definition) is 2. The van der Waals surface area contributed by atoms with Gasteiger partial charge in [-0.05, 0) is 45.0 Å². The summed E-state index contributed by atoms with van der Waals surface area (Å²) in [5.41, 5.74) is 1.37. The van der Waals surface area contributed by atoms with E-state index in [2.05, 4.69) is 22.5 Å². The van der Waals surface area contributed by atoms with Crippen LogP contribution in [0.3, 0.4) is 0 Å². The molecule has 1 heterocycles. The fraction of sp³-hybridized carbons (Fsp3) is 0.556. The van der Waals surface area contributed by atoms with Crippen molar-refractivity contribution in [1.29, 1.82) is 0 Å². The minimum Gasteiger partial charge on any atom is -0.339 e. The summed E-state index contributed by atoms with van der Waals surface area (Å²) >= 11 is 0. The molecule has 1 aromatic rings. The second-order valence-corrected chi connectivity index (χ2v) is 6.13. The largest absolute Gasteiger partial charge is 0.339 e. The zero-order valence-electron chi connectivity index (χ0n) is 14.8. The number of benzene rings is 1. The molecule has 1 atom stereocenters. The van der Waals surface area contributed by atoms with Crippen molar-refractivity contribution in [3.8, 4) is 0 Å². The zero-order valence-corrected chi connectivity index (χ0v) is 14.8. The summed E-state index contributed by atoms with van der Waals surface area (Å²) in [6, 6.07) is 7.47. The van der Waals surface area contributed by atoms with E-state index < -0.39 is 0 Å². The molecule has 0 aliphatic carbocycles.